The maximum atomic E-state index is 12.1. The van der Waals surface area contributed by atoms with Gasteiger partial charge in [0.2, 0.25) is 0 Å². The maximum Gasteiger partial charge on any atom is 0.315 e. The SMILES string of the molecule is CC(NC(=O)NCC(O)Cc1ccccc1)c1nnc2ccccn12. The number of aliphatic hydroxyl groups excluding tert-OH is 1. The van der Waals surface area contributed by atoms with Crippen LogP contribution in [-0.4, -0.2) is 38.4 Å². The Kier molecular flexibility index (Phi) is 5.25. The minimum Gasteiger partial charge on any atom is -0.391 e. The first-order valence-corrected chi connectivity index (χ1v) is 8.19. The van der Waals surface area contributed by atoms with E-state index in [-0.39, 0.29) is 18.6 Å². The molecule has 2 amide bonds. The summed E-state index contributed by atoms with van der Waals surface area (Å²) in [5.41, 5.74) is 1.75. The number of aliphatic hydroxyl groups is 1. The van der Waals surface area contributed by atoms with Gasteiger partial charge in [0.15, 0.2) is 11.5 Å². The van der Waals surface area contributed by atoms with Gasteiger partial charge in [0.05, 0.1) is 12.1 Å². The molecule has 2 heterocycles. The lowest BCUT2D eigenvalue weighted by molar-refractivity contribution is 0.170. The molecule has 0 bridgehead atoms. The van der Waals surface area contributed by atoms with Gasteiger partial charge >= 0.3 is 6.03 Å². The normalized spacial score (nSPS) is 13.4. The number of rotatable bonds is 6. The molecule has 0 saturated heterocycles. The molecule has 3 N–H and O–H groups in total. The van der Waals surface area contributed by atoms with E-state index in [1.165, 1.54) is 0 Å². The first kappa shape index (κ1) is 16.9. The lowest BCUT2D eigenvalue weighted by Crippen LogP contribution is -2.41. The van der Waals surface area contributed by atoms with E-state index in [0.29, 0.717) is 12.2 Å². The van der Waals surface area contributed by atoms with E-state index in [9.17, 15) is 9.90 Å². The number of fused-ring (bicyclic) bond motifs is 1. The molecule has 2 atom stereocenters. The highest BCUT2D eigenvalue weighted by Crippen LogP contribution is 2.11. The summed E-state index contributed by atoms with van der Waals surface area (Å²) in [7, 11) is 0. The quantitative estimate of drug-likeness (QED) is 0.637. The molecule has 25 heavy (non-hydrogen) atoms. The molecule has 0 saturated carbocycles. The van der Waals surface area contributed by atoms with Crippen LogP contribution in [0.15, 0.2) is 54.7 Å². The zero-order valence-corrected chi connectivity index (χ0v) is 14.0. The lowest BCUT2D eigenvalue weighted by atomic mass is 10.1. The summed E-state index contributed by atoms with van der Waals surface area (Å²) < 4.78 is 1.83. The van der Waals surface area contributed by atoms with Crippen molar-refractivity contribution >= 4 is 11.7 Å². The molecule has 1 aromatic carbocycles. The van der Waals surface area contributed by atoms with Crippen molar-refractivity contribution in [1.29, 1.82) is 0 Å². The number of nitrogens with zero attached hydrogens (tertiary/aromatic N) is 3. The molecule has 0 aliphatic carbocycles. The zero-order chi connectivity index (χ0) is 17.6. The maximum absolute atomic E-state index is 12.1. The van der Waals surface area contributed by atoms with Crippen LogP contribution in [0.25, 0.3) is 5.65 Å². The third-order valence-corrected chi connectivity index (χ3v) is 3.89. The van der Waals surface area contributed by atoms with Crippen molar-refractivity contribution in [2.45, 2.75) is 25.5 Å². The van der Waals surface area contributed by atoms with Crippen LogP contribution in [0.2, 0.25) is 0 Å². The number of amides is 2. The van der Waals surface area contributed by atoms with Crippen molar-refractivity contribution in [2.24, 2.45) is 0 Å². The standard InChI is InChI=1S/C18H21N5O2/c1-13(17-22-21-16-9-5-6-10-23(16)17)20-18(25)19-12-15(24)11-14-7-3-2-4-8-14/h2-10,13,15,24H,11-12H2,1H3,(H2,19,20,25). The number of benzene rings is 1. The van der Waals surface area contributed by atoms with Crippen molar-refractivity contribution in [2.75, 3.05) is 6.54 Å². The number of carbonyl (C=O) groups is 1. The number of hydrogen-bond acceptors (Lipinski definition) is 4. The molecule has 0 radical (unpaired) electrons. The Labute approximate surface area is 145 Å². The molecule has 0 fully saturated rings. The van der Waals surface area contributed by atoms with Gasteiger partial charge in [-0.3, -0.25) is 4.40 Å². The largest absolute Gasteiger partial charge is 0.391 e. The van der Waals surface area contributed by atoms with Crippen LogP contribution < -0.4 is 10.6 Å². The first-order chi connectivity index (χ1) is 12.1. The average molecular weight is 339 g/mol. The second kappa shape index (κ2) is 7.76. The van der Waals surface area contributed by atoms with Crippen molar-refractivity contribution in [3.05, 3.63) is 66.1 Å². The van der Waals surface area contributed by atoms with E-state index in [4.69, 9.17) is 0 Å². The van der Waals surface area contributed by atoms with Crippen molar-refractivity contribution in [3.8, 4) is 0 Å². The highest BCUT2D eigenvalue weighted by atomic mass is 16.3. The van der Waals surface area contributed by atoms with E-state index in [0.717, 1.165) is 11.2 Å². The fraction of sp³-hybridized carbons (Fsp3) is 0.278. The zero-order valence-electron chi connectivity index (χ0n) is 14.0. The molecule has 3 rings (SSSR count). The number of urea groups is 1. The van der Waals surface area contributed by atoms with Crippen LogP contribution in [0.1, 0.15) is 24.4 Å². The Morgan fingerprint density at radius 2 is 1.92 bits per heavy atom. The van der Waals surface area contributed by atoms with Gasteiger partial charge in [-0.05, 0) is 24.6 Å². The Balaban J connectivity index is 1.50. The average Bonchev–Trinajstić information content (AvgIpc) is 3.05. The summed E-state index contributed by atoms with van der Waals surface area (Å²) in [4.78, 5) is 12.1. The molecule has 2 aromatic heterocycles. The Morgan fingerprint density at radius 1 is 1.16 bits per heavy atom. The summed E-state index contributed by atoms with van der Waals surface area (Å²) in [5.74, 6) is 0.649. The van der Waals surface area contributed by atoms with Gasteiger partial charge in [-0.15, -0.1) is 10.2 Å². The molecular formula is C18H21N5O2. The summed E-state index contributed by atoms with van der Waals surface area (Å²) >= 11 is 0. The number of nitrogens with one attached hydrogen (secondary N) is 2. The Morgan fingerprint density at radius 3 is 2.72 bits per heavy atom. The molecule has 0 aliphatic heterocycles. The minimum atomic E-state index is -0.641. The summed E-state index contributed by atoms with van der Waals surface area (Å²) in [6, 6.07) is 14.6. The number of aromatic nitrogens is 3. The number of hydrogen-bond donors (Lipinski definition) is 3. The van der Waals surface area contributed by atoms with Gasteiger partial charge in [0.25, 0.3) is 0 Å². The Hall–Kier alpha value is -2.93. The van der Waals surface area contributed by atoms with E-state index in [1.807, 2.05) is 66.1 Å². The van der Waals surface area contributed by atoms with Crippen LogP contribution in [0.4, 0.5) is 4.79 Å². The van der Waals surface area contributed by atoms with Crippen LogP contribution >= 0.6 is 0 Å². The second-order valence-corrected chi connectivity index (χ2v) is 5.91. The molecule has 7 nitrogen and oxygen atoms in total. The van der Waals surface area contributed by atoms with Crippen LogP contribution in [0.5, 0.6) is 0 Å². The predicted octanol–water partition coefficient (Wildman–Crippen LogP) is 1.69. The van der Waals surface area contributed by atoms with E-state index in [2.05, 4.69) is 20.8 Å². The predicted molar refractivity (Wildman–Crippen MR) is 94.1 cm³/mol. The van der Waals surface area contributed by atoms with E-state index < -0.39 is 6.10 Å². The monoisotopic (exact) mass is 339 g/mol. The second-order valence-electron chi connectivity index (χ2n) is 5.91. The highest BCUT2D eigenvalue weighted by Gasteiger charge is 2.16. The topological polar surface area (TPSA) is 91.5 Å². The molecule has 2 unspecified atom stereocenters. The van der Waals surface area contributed by atoms with Gasteiger partial charge in [-0.2, -0.15) is 0 Å². The molecule has 7 heteroatoms. The smallest absolute Gasteiger partial charge is 0.315 e. The number of pyridine rings is 1. The van der Waals surface area contributed by atoms with Crippen LogP contribution in [0, 0.1) is 0 Å². The Bertz CT molecular complexity index is 834. The molecule has 130 valence electrons. The lowest BCUT2D eigenvalue weighted by Gasteiger charge is -2.15. The molecule has 0 spiro atoms. The number of carbonyl (C=O) groups excluding carboxylic acids is 1. The third-order valence-electron chi connectivity index (χ3n) is 3.89. The van der Waals surface area contributed by atoms with Crippen molar-refractivity contribution < 1.29 is 9.90 Å². The van der Waals surface area contributed by atoms with E-state index in [1.54, 1.807) is 0 Å². The van der Waals surface area contributed by atoms with Gasteiger partial charge in [0, 0.05) is 19.2 Å². The first-order valence-electron chi connectivity index (χ1n) is 8.19. The van der Waals surface area contributed by atoms with Crippen molar-refractivity contribution in [3.63, 3.8) is 0 Å². The molecule has 0 aliphatic rings. The van der Waals surface area contributed by atoms with E-state index >= 15 is 0 Å². The third kappa shape index (κ3) is 4.33. The fourth-order valence-electron chi connectivity index (χ4n) is 2.64. The molecule has 3 aromatic rings. The van der Waals surface area contributed by atoms with Gasteiger partial charge in [-0.25, -0.2) is 4.79 Å². The van der Waals surface area contributed by atoms with Gasteiger partial charge in [-0.1, -0.05) is 36.4 Å². The summed E-state index contributed by atoms with van der Waals surface area (Å²) in [6.45, 7) is 2.01. The highest BCUT2D eigenvalue weighted by molar-refractivity contribution is 5.74. The van der Waals surface area contributed by atoms with Gasteiger partial charge in [0.1, 0.15) is 0 Å². The summed E-state index contributed by atoms with van der Waals surface area (Å²) in [6.07, 6.45) is 1.70. The van der Waals surface area contributed by atoms with Crippen molar-refractivity contribution in [1.82, 2.24) is 25.2 Å². The summed E-state index contributed by atoms with van der Waals surface area (Å²) in [5, 5.41) is 23.7. The van der Waals surface area contributed by atoms with Crippen LogP contribution in [0.3, 0.4) is 0 Å². The van der Waals surface area contributed by atoms with Crippen LogP contribution in [-0.2, 0) is 6.42 Å². The van der Waals surface area contributed by atoms with Gasteiger partial charge < -0.3 is 15.7 Å². The minimum absolute atomic E-state index is 0.175. The fourth-order valence-corrected chi connectivity index (χ4v) is 2.64. The molecular weight excluding hydrogens is 318 g/mol.